The zero-order chi connectivity index (χ0) is 20.2. The minimum atomic E-state index is -0.0344. The molecule has 2 heterocycles. The lowest BCUT2D eigenvalue weighted by Crippen LogP contribution is -2.46. The molecule has 156 valence electrons. The molecule has 2 aliphatic rings. The lowest BCUT2D eigenvalue weighted by atomic mass is 9.93. The summed E-state index contributed by atoms with van der Waals surface area (Å²) in [6, 6.07) is 11.0. The van der Waals surface area contributed by atoms with Crippen LogP contribution in [-0.2, 0) is 28.9 Å². The zero-order valence-electron chi connectivity index (χ0n) is 17.5. The number of hydrogen-bond donors (Lipinski definition) is 1. The highest BCUT2D eigenvalue weighted by molar-refractivity contribution is 5.76. The summed E-state index contributed by atoms with van der Waals surface area (Å²) >= 11 is 0. The second-order valence-corrected chi connectivity index (χ2v) is 8.58. The van der Waals surface area contributed by atoms with Gasteiger partial charge in [0.05, 0.1) is 25.3 Å². The standard InChI is InChI=1S/C23H32N4O2/c1-17(2)27-22-12-20(9-8-19(22)14-24-27)25-23(28)13-21-16-26(10-11-29-21)15-18-6-4-3-5-7-18/h3-7,14,17,20-21H,8-13,15-16H2,1-2H3,(H,25,28)/t20-,21-/m0/s1. The largest absolute Gasteiger partial charge is 0.375 e. The normalized spacial score (nSPS) is 22.4. The quantitative estimate of drug-likeness (QED) is 0.816. The van der Waals surface area contributed by atoms with Gasteiger partial charge in [-0.2, -0.15) is 5.10 Å². The maximum Gasteiger partial charge on any atom is 0.222 e. The van der Waals surface area contributed by atoms with Crippen LogP contribution in [0.4, 0.5) is 0 Å². The van der Waals surface area contributed by atoms with Crippen molar-refractivity contribution in [2.24, 2.45) is 0 Å². The van der Waals surface area contributed by atoms with Crippen LogP contribution in [0.2, 0.25) is 0 Å². The van der Waals surface area contributed by atoms with E-state index in [0.717, 1.165) is 38.9 Å². The third-order valence-corrected chi connectivity index (χ3v) is 5.93. The number of hydrogen-bond acceptors (Lipinski definition) is 4. The molecule has 1 aromatic heterocycles. The number of rotatable bonds is 6. The Bertz CT molecular complexity index is 818. The van der Waals surface area contributed by atoms with Crippen molar-refractivity contribution >= 4 is 5.91 Å². The average molecular weight is 397 g/mol. The van der Waals surface area contributed by atoms with E-state index < -0.39 is 0 Å². The number of benzene rings is 1. The van der Waals surface area contributed by atoms with E-state index in [-0.39, 0.29) is 18.1 Å². The van der Waals surface area contributed by atoms with Gasteiger partial charge in [-0.05, 0) is 37.8 Å². The Morgan fingerprint density at radius 2 is 2.14 bits per heavy atom. The van der Waals surface area contributed by atoms with E-state index in [1.165, 1.54) is 16.8 Å². The molecule has 1 aliphatic heterocycles. The lowest BCUT2D eigenvalue weighted by molar-refractivity contribution is -0.126. The molecule has 0 spiro atoms. The monoisotopic (exact) mass is 396 g/mol. The van der Waals surface area contributed by atoms with Crippen LogP contribution in [-0.4, -0.2) is 52.4 Å². The van der Waals surface area contributed by atoms with Crippen LogP contribution < -0.4 is 5.32 Å². The first kappa shape index (κ1) is 20.1. The average Bonchev–Trinajstić information content (AvgIpc) is 3.12. The summed E-state index contributed by atoms with van der Waals surface area (Å²) in [7, 11) is 0. The highest BCUT2D eigenvalue weighted by Crippen LogP contribution is 2.24. The van der Waals surface area contributed by atoms with E-state index in [9.17, 15) is 4.79 Å². The number of carbonyl (C=O) groups is 1. The first-order valence-corrected chi connectivity index (χ1v) is 10.8. The fourth-order valence-electron chi connectivity index (χ4n) is 4.47. The number of morpholine rings is 1. The molecule has 2 atom stereocenters. The van der Waals surface area contributed by atoms with Crippen LogP contribution >= 0.6 is 0 Å². The molecule has 6 heteroatoms. The van der Waals surface area contributed by atoms with Crippen molar-refractivity contribution in [3.63, 3.8) is 0 Å². The van der Waals surface area contributed by atoms with E-state index in [1.54, 1.807) is 0 Å². The number of fused-ring (bicyclic) bond motifs is 1. The highest BCUT2D eigenvalue weighted by atomic mass is 16.5. The molecule has 4 rings (SSSR count). The van der Waals surface area contributed by atoms with E-state index in [2.05, 4.69) is 58.1 Å². The summed E-state index contributed by atoms with van der Waals surface area (Å²) in [5.74, 6) is 0.0978. The summed E-state index contributed by atoms with van der Waals surface area (Å²) < 4.78 is 7.98. The highest BCUT2D eigenvalue weighted by Gasteiger charge is 2.27. The van der Waals surface area contributed by atoms with E-state index in [4.69, 9.17) is 4.74 Å². The predicted molar refractivity (Wildman–Crippen MR) is 113 cm³/mol. The van der Waals surface area contributed by atoms with Gasteiger partial charge in [-0.3, -0.25) is 14.4 Å². The molecule has 1 N–H and O–H groups in total. The molecular formula is C23H32N4O2. The summed E-state index contributed by atoms with van der Waals surface area (Å²) in [5, 5.41) is 7.77. The molecular weight excluding hydrogens is 364 g/mol. The lowest BCUT2D eigenvalue weighted by Gasteiger charge is -2.33. The Hall–Kier alpha value is -2.18. The molecule has 1 fully saturated rings. The molecule has 1 saturated heterocycles. The number of carbonyl (C=O) groups excluding carboxylic acids is 1. The summed E-state index contributed by atoms with van der Waals surface area (Å²) in [6.45, 7) is 7.61. The SMILES string of the molecule is CC(C)n1ncc2c1C[C@@H](NC(=O)C[C@H]1CN(Cc3ccccc3)CCO1)CC2. The van der Waals surface area contributed by atoms with E-state index in [0.29, 0.717) is 19.1 Å². The number of nitrogens with one attached hydrogen (secondary N) is 1. The first-order valence-electron chi connectivity index (χ1n) is 10.8. The fourth-order valence-corrected chi connectivity index (χ4v) is 4.47. The van der Waals surface area contributed by atoms with Crippen LogP contribution in [0.15, 0.2) is 36.5 Å². The number of aromatic nitrogens is 2. The number of nitrogens with zero attached hydrogens (tertiary/aromatic N) is 3. The van der Waals surface area contributed by atoms with Gasteiger partial charge in [0.25, 0.3) is 0 Å². The molecule has 1 amide bonds. The molecule has 0 bridgehead atoms. The van der Waals surface area contributed by atoms with E-state index in [1.807, 2.05) is 12.3 Å². The third kappa shape index (κ3) is 5.06. The second-order valence-electron chi connectivity index (χ2n) is 8.58. The van der Waals surface area contributed by atoms with Crippen LogP contribution in [0, 0.1) is 0 Å². The van der Waals surface area contributed by atoms with Crippen molar-refractivity contribution < 1.29 is 9.53 Å². The maximum absolute atomic E-state index is 12.7. The number of amides is 1. The van der Waals surface area contributed by atoms with Crippen LogP contribution in [0.25, 0.3) is 0 Å². The van der Waals surface area contributed by atoms with Gasteiger partial charge in [-0.15, -0.1) is 0 Å². The van der Waals surface area contributed by atoms with Gasteiger partial charge in [0.2, 0.25) is 5.91 Å². The van der Waals surface area contributed by atoms with Gasteiger partial charge >= 0.3 is 0 Å². The molecule has 1 aliphatic carbocycles. The maximum atomic E-state index is 12.7. The van der Waals surface area contributed by atoms with Gasteiger partial charge in [-0.25, -0.2) is 0 Å². The minimum absolute atomic E-state index is 0.0344. The zero-order valence-corrected chi connectivity index (χ0v) is 17.5. The summed E-state index contributed by atoms with van der Waals surface area (Å²) in [5.41, 5.74) is 3.91. The van der Waals surface area contributed by atoms with Crippen molar-refractivity contribution in [3.8, 4) is 0 Å². The van der Waals surface area contributed by atoms with Crippen LogP contribution in [0.1, 0.15) is 49.6 Å². The Balaban J connectivity index is 1.28. The number of aryl methyl sites for hydroxylation is 1. The van der Waals surface area contributed by atoms with Gasteiger partial charge in [0.1, 0.15) is 0 Å². The molecule has 0 radical (unpaired) electrons. The first-order chi connectivity index (χ1) is 14.1. The Morgan fingerprint density at radius 1 is 1.31 bits per heavy atom. The topological polar surface area (TPSA) is 59.4 Å². The Labute approximate surface area is 173 Å². The van der Waals surface area contributed by atoms with Crippen LogP contribution in [0.5, 0.6) is 0 Å². The van der Waals surface area contributed by atoms with Gasteiger partial charge in [0.15, 0.2) is 0 Å². The smallest absolute Gasteiger partial charge is 0.222 e. The summed E-state index contributed by atoms with van der Waals surface area (Å²) in [4.78, 5) is 15.1. The third-order valence-electron chi connectivity index (χ3n) is 5.93. The van der Waals surface area contributed by atoms with Crippen molar-refractivity contribution in [2.45, 2.75) is 64.3 Å². The van der Waals surface area contributed by atoms with Crippen LogP contribution in [0.3, 0.4) is 0 Å². The molecule has 1 aromatic carbocycles. The molecule has 29 heavy (non-hydrogen) atoms. The van der Waals surface area contributed by atoms with E-state index >= 15 is 0 Å². The molecule has 0 unspecified atom stereocenters. The molecule has 2 aromatic rings. The molecule has 6 nitrogen and oxygen atoms in total. The van der Waals surface area contributed by atoms with Crippen molar-refractivity contribution in [1.82, 2.24) is 20.0 Å². The van der Waals surface area contributed by atoms with Crippen molar-refractivity contribution in [3.05, 3.63) is 53.3 Å². The van der Waals surface area contributed by atoms with Crippen molar-refractivity contribution in [2.75, 3.05) is 19.7 Å². The molecule has 0 saturated carbocycles. The Morgan fingerprint density at radius 3 is 2.93 bits per heavy atom. The van der Waals surface area contributed by atoms with Crippen molar-refractivity contribution in [1.29, 1.82) is 0 Å². The second kappa shape index (κ2) is 9.09. The van der Waals surface area contributed by atoms with Gasteiger partial charge < -0.3 is 10.1 Å². The van der Waals surface area contributed by atoms with Gasteiger partial charge in [0, 0.05) is 43.8 Å². The summed E-state index contributed by atoms with van der Waals surface area (Å²) in [6.07, 6.45) is 5.22. The Kier molecular flexibility index (Phi) is 6.31. The minimum Gasteiger partial charge on any atom is -0.375 e. The predicted octanol–water partition coefficient (Wildman–Crippen LogP) is 2.73. The number of ether oxygens (including phenoxy) is 1. The van der Waals surface area contributed by atoms with Gasteiger partial charge in [-0.1, -0.05) is 30.3 Å². The fraction of sp³-hybridized carbons (Fsp3) is 0.565.